The fraction of sp³-hybridized carbons (Fsp3) is 0.375. The largest absolute Gasteiger partial charge is 0.469 e. The summed E-state index contributed by atoms with van der Waals surface area (Å²) in [6.07, 6.45) is 4.72. The van der Waals surface area contributed by atoms with Gasteiger partial charge in [0.15, 0.2) is 0 Å². The van der Waals surface area contributed by atoms with Crippen molar-refractivity contribution in [3.05, 3.63) is 59.0 Å². The molecule has 0 fully saturated rings. The zero-order chi connectivity index (χ0) is 13.5. The van der Waals surface area contributed by atoms with Crippen molar-refractivity contribution in [2.45, 2.75) is 32.2 Å². The summed E-state index contributed by atoms with van der Waals surface area (Å²) in [5.41, 5.74) is 1.26. The van der Waals surface area contributed by atoms with Gasteiger partial charge in [0.2, 0.25) is 0 Å². The molecule has 2 nitrogen and oxygen atoms in total. The number of nitrogens with one attached hydrogen (secondary N) is 1. The van der Waals surface area contributed by atoms with Gasteiger partial charge in [-0.05, 0) is 49.2 Å². The number of rotatable bonds is 7. The molecule has 0 saturated carbocycles. The summed E-state index contributed by atoms with van der Waals surface area (Å²) in [6.45, 7) is 3.20. The fourth-order valence-electron chi connectivity index (χ4n) is 2.19. The van der Waals surface area contributed by atoms with Crippen LogP contribution in [0.5, 0.6) is 0 Å². The Balaban J connectivity index is 2.00. The first kappa shape index (κ1) is 14.2. The number of halogens is 1. The Hall–Kier alpha value is -1.25. The molecular weight excluding hydrogens is 258 g/mol. The maximum Gasteiger partial charge on any atom is 0.105 e. The van der Waals surface area contributed by atoms with Gasteiger partial charge in [0.1, 0.15) is 5.76 Å². The first-order valence-corrected chi connectivity index (χ1v) is 7.16. The quantitative estimate of drug-likeness (QED) is 0.825. The molecule has 2 rings (SSSR count). The maximum absolute atomic E-state index is 6.04. The molecule has 2 aromatic rings. The lowest BCUT2D eigenvalue weighted by Gasteiger charge is -2.17. The van der Waals surface area contributed by atoms with E-state index in [9.17, 15) is 0 Å². The van der Waals surface area contributed by atoms with Gasteiger partial charge < -0.3 is 9.73 Å². The van der Waals surface area contributed by atoms with Crippen LogP contribution >= 0.6 is 11.6 Å². The van der Waals surface area contributed by atoms with Crippen LogP contribution in [0.3, 0.4) is 0 Å². The van der Waals surface area contributed by atoms with Crippen molar-refractivity contribution < 1.29 is 4.42 Å². The molecular formula is C16H20ClNO. The van der Waals surface area contributed by atoms with Crippen LogP contribution in [0.4, 0.5) is 0 Å². The predicted molar refractivity (Wildman–Crippen MR) is 79.6 cm³/mol. The molecule has 0 aliphatic carbocycles. The van der Waals surface area contributed by atoms with Crippen LogP contribution in [0, 0.1) is 0 Å². The molecule has 1 N–H and O–H groups in total. The highest BCUT2D eigenvalue weighted by atomic mass is 35.5. The van der Waals surface area contributed by atoms with Gasteiger partial charge in [-0.2, -0.15) is 0 Å². The van der Waals surface area contributed by atoms with Crippen molar-refractivity contribution in [2.24, 2.45) is 0 Å². The molecule has 1 aromatic carbocycles. The SMILES string of the molecule is CCCNC(Cc1cccc(Cl)c1)Cc1ccco1. The number of hydrogen-bond acceptors (Lipinski definition) is 2. The van der Waals surface area contributed by atoms with E-state index in [0.717, 1.165) is 36.6 Å². The van der Waals surface area contributed by atoms with Crippen LogP contribution in [0.1, 0.15) is 24.7 Å². The molecule has 0 radical (unpaired) electrons. The van der Waals surface area contributed by atoms with Crippen LogP contribution in [0.25, 0.3) is 0 Å². The Morgan fingerprint density at radius 3 is 2.79 bits per heavy atom. The summed E-state index contributed by atoms with van der Waals surface area (Å²) < 4.78 is 5.44. The van der Waals surface area contributed by atoms with Crippen LogP contribution in [0.2, 0.25) is 5.02 Å². The maximum atomic E-state index is 6.04. The fourth-order valence-corrected chi connectivity index (χ4v) is 2.40. The topological polar surface area (TPSA) is 25.2 Å². The number of furan rings is 1. The summed E-state index contributed by atoms with van der Waals surface area (Å²) in [7, 11) is 0. The Morgan fingerprint density at radius 2 is 2.11 bits per heavy atom. The zero-order valence-corrected chi connectivity index (χ0v) is 12.0. The molecule has 3 heteroatoms. The molecule has 1 heterocycles. The normalized spacial score (nSPS) is 12.5. The lowest BCUT2D eigenvalue weighted by Crippen LogP contribution is -2.33. The van der Waals surface area contributed by atoms with Crippen molar-refractivity contribution in [2.75, 3.05) is 6.54 Å². The molecule has 19 heavy (non-hydrogen) atoms. The standard InChI is InChI=1S/C16H20ClNO/c1-2-8-18-15(12-16-7-4-9-19-16)11-13-5-3-6-14(17)10-13/h3-7,9-10,15,18H,2,8,11-12H2,1H3. The number of hydrogen-bond donors (Lipinski definition) is 1. The molecule has 0 bridgehead atoms. The van der Waals surface area contributed by atoms with Gasteiger partial charge in [-0.15, -0.1) is 0 Å². The third-order valence-corrected chi connectivity index (χ3v) is 3.32. The summed E-state index contributed by atoms with van der Waals surface area (Å²) >= 11 is 6.04. The average Bonchev–Trinajstić information content (AvgIpc) is 2.89. The second-order valence-electron chi connectivity index (χ2n) is 4.77. The lowest BCUT2D eigenvalue weighted by atomic mass is 10.0. The third-order valence-electron chi connectivity index (χ3n) is 3.08. The highest BCUT2D eigenvalue weighted by Crippen LogP contribution is 2.14. The first-order chi connectivity index (χ1) is 9.28. The Labute approximate surface area is 119 Å². The molecule has 0 spiro atoms. The van der Waals surface area contributed by atoms with Crippen LogP contribution in [-0.2, 0) is 12.8 Å². The van der Waals surface area contributed by atoms with E-state index in [1.165, 1.54) is 5.56 Å². The summed E-state index contributed by atoms with van der Waals surface area (Å²) in [6, 6.07) is 12.4. The monoisotopic (exact) mass is 277 g/mol. The Kier molecular flexibility index (Phi) is 5.49. The molecule has 1 atom stereocenters. The van der Waals surface area contributed by atoms with Gasteiger partial charge in [0.25, 0.3) is 0 Å². The summed E-state index contributed by atoms with van der Waals surface area (Å²) in [4.78, 5) is 0. The Morgan fingerprint density at radius 1 is 1.21 bits per heavy atom. The summed E-state index contributed by atoms with van der Waals surface area (Å²) in [5.74, 6) is 1.02. The van der Waals surface area contributed by atoms with Crippen molar-refractivity contribution in [1.82, 2.24) is 5.32 Å². The highest BCUT2D eigenvalue weighted by Gasteiger charge is 2.11. The van der Waals surface area contributed by atoms with E-state index in [-0.39, 0.29) is 0 Å². The van der Waals surface area contributed by atoms with Crippen LogP contribution in [-0.4, -0.2) is 12.6 Å². The second kappa shape index (κ2) is 7.37. The van der Waals surface area contributed by atoms with Gasteiger partial charge in [0, 0.05) is 17.5 Å². The van der Waals surface area contributed by atoms with E-state index >= 15 is 0 Å². The van der Waals surface area contributed by atoms with Crippen molar-refractivity contribution in [3.8, 4) is 0 Å². The van der Waals surface area contributed by atoms with Crippen LogP contribution < -0.4 is 5.32 Å². The molecule has 0 aliphatic rings. The van der Waals surface area contributed by atoms with Crippen molar-refractivity contribution in [3.63, 3.8) is 0 Å². The Bertz CT molecular complexity index is 481. The third kappa shape index (κ3) is 4.73. The van der Waals surface area contributed by atoms with E-state index < -0.39 is 0 Å². The van der Waals surface area contributed by atoms with Gasteiger partial charge in [0.05, 0.1) is 6.26 Å². The first-order valence-electron chi connectivity index (χ1n) is 6.78. The molecule has 1 aromatic heterocycles. The minimum atomic E-state index is 0.379. The molecule has 0 aliphatic heterocycles. The van der Waals surface area contributed by atoms with E-state index in [1.807, 2.05) is 30.3 Å². The molecule has 1 unspecified atom stereocenters. The van der Waals surface area contributed by atoms with Gasteiger partial charge in [-0.25, -0.2) is 0 Å². The minimum Gasteiger partial charge on any atom is -0.469 e. The lowest BCUT2D eigenvalue weighted by molar-refractivity contribution is 0.438. The van der Waals surface area contributed by atoms with Crippen LogP contribution in [0.15, 0.2) is 47.1 Å². The average molecular weight is 278 g/mol. The van der Waals surface area contributed by atoms with E-state index in [1.54, 1.807) is 6.26 Å². The minimum absolute atomic E-state index is 0.379. The van der Waals surface area contributed by atoms with Gasteiger partial charge >= 0.3 is 0 Å². The van der Waals surface area contributed by atoms with Crippen molar-refractivity contribution in [1.29, 1.82) is 0 Å². The van der Waals surface area contributed by atoms with Gasteiger partial charge in [-0.3, -0.25) is 0 Å². The second-order valence-corrected chi connectivity index (χ2v) is 5.21. The van der Waals surface area contributed by atoms with E-state index in [2.05, 4.69) is 18.3 Å². The predicted octanol–water partition coefficient (Wildman–Crippen LogP) is 4.09. The van der Waals surface area contributed by atoms with Gasteiger partial charge in [-0.1, -0.05) is 30.7 Å². The summed E-state index contributed by atoms with van der Waals surface area (Å²) in [5, 5.41) is 4.37. The smallest absolute Gasteiger partial charge is 0.105 e. The van der Waals surface area contributed by atoms with Crippen molar-refractivity contribution >= 4 is 11.6 Å². The molecule has 0 amide bonds. The van der Waals surface area contributed by atoms with E-state index in [0.29, 0.717) is 6.04 Å². The zero-order valence-electron chi connectivity index (χ0n) is 11.2. The molecule has 102 valence electrons. The van der Waals surface area contributed by atoms with E-state index in [4.69, 9.17) is 16.0 Å². The molecule has 0 saturated heterocycles. The number of benzene rings is 1. The highest BCUT2D eigenvalue weighted by molar-refractivity contribution is 6.30.